The lowest BCUT2D eigenvalue weighted by Gasteiger charge is -2.08. The molecule has 2 N–H and O–H groups in total. The van der Waals surface area contributed by atoms with E-state index in [-0.39, 0.29) is 10.6 Å². The van der Waals surface area contributed by atoms with Crippen LogP contribution in [-0.2, 0) is 16.6 Å². The number of pyridine rings is 1. The summed E-state index contributed by atoms with van der Waals surface area (Å²) in [5.41, 5.74) is 1.02. The average molecular weight is 309 g/mol. The van der Waals surface area contributed by atoms with Gasteiger partial charge in [-0.25, -0.2) is 13.2 Å². The molecule has 0 aromatic carbocycles. The first-order valence-electron chi connectivity index (χ1n) is 6.22. The van der Waals surface area contributed by atoms with E-state index in [9.17, 15) is 13.2 Å². The molecule has 0 fully saturated rings. The van der Waals surface area contributed by atoms with Crippen LogP contribution in [0.5, 0.6) is 0 Å². The van der Waals surface area contributed by atoms with Crippen LogP contribution in [0.2, 0.25) is 0 Å². The van der Waals surface area contributed by atoms with Gasteiger partial charge in [-0.1, -0.05) is 0 Å². The topological polar surface area (TPSA) is 101 Å². The molecule has 0 atom stereocenters. The number of carbonyl (C=O) groups is 1. The van der Waals surface area contributed by atoms with Gasteiger partial charge >= 0.3 is 5.97 Å². The van der Waals surface area contributed by atoms with E-state index in [1.165, 1.54) is 23.2 Å². The highest BCUT2D eigenvalue weighted by atomic mass is 32.2. The second kappa shape index (κ2) is 5.57. The summed E-state index contributed by atoms with van der Waals surface area (Å²) in [6, 6.07) is 2.69. The Bertz CT molecular complexity index is 780. The second-order valence-electron chi connectivity index (χ2n) is 4.45. The third-order valence-electron chi connectivity index (χ3n) is 3.01. The van der Waals surface area contributed by atoms with E-state index in [1.54, 1.807) is 19.9 Å². The Morgan fingerprint density at radius 1 is 1.48 bits per heavy atom. The molecular formula is C13H15N3O4S. The lowest BCUT2D eigenvalue weighted by molar-refractivity contribution is 0.0685. The molecule has 0 aliphatic rings. The first-order chi connectivity index (χ1) is 9.85. The van der Waals surface area contributed by atoms with Gasteiger partial charge in [0.15, 0.2) is 0 Å². The molecule has 2 heterocycles. The predicted molar refractivity (Wildman–Crippen MR) is 76.8 cm³/mol. The summed E-state index contributed by atoms with van der Waals surface area (Å²) in [6.45, 7) is 3.83. The number of aromatic carboxylic acids is 1. The highest BCUT2D eigenvalue weighted by Gasteiger charge is 2.21. The molecule has 2 rings (SSSR count). The van der Waals surface area contributed by atoms with Gasteiger partial charge in [0.2, 0.25) is 0 Å². The third-order valence-corrected chi connectivity index (χ3v) is 4.34. The number of carboxylic acids is 1. The fourth-order valence-corrected chi connectivity index (χ4v) is 3.03. The number of hydrogen-bond acceptors (Lipinski definition) is 4. The van der Waals surface area contributed by atoms with E-state index in [0.29, 0.717) is 17.8 Å². The number of nitrogens with one attached hydrogen (secondary N) is 1. The van der Waals surface area contributed by atoms with Gasteiger partial charge in [0.1, 0.15) is 10.6 Å². The molecule has 0 spiro atoms. The maximum absolute atomic E-state index is 12.3. The Morgan fingerprint density at radius 3 is 2.71 bits per heavy atom. The van der Waals surface area contributed by atoms with Crippen LogP contribution in [0.15, 0.2) is 35.6 Å². The molecule has 2 aromatic rings. The summed E-state index contributed by atoms with van der Waals surface area (Å²) in [5, 5.41) is 9.07. The van der Waals surface area contributed by atoms with Crippen LogP contribution in [0, 0.1) is 6.92 Å². The normalized spacial score (nSPS) is 11.3. The molecule has 0 saturated heterocycles. The van der Waals surface area contributed by atoms with Gasteiger partial charge in [0, 0.05) is 25.1 Å². The maximum atomic E-state index is 12.3. The molecule has 0 saturated carbocycles. The van der Waals surface area contributed by atoms with Gasteiger partial charge in [-0.3, -0.25) is 9.71 Å². The van der Waals surface area contributed by atoms with Crippen LogP contribution < -0.4 is 4.72 Å². The maximum Gasteiger partial charge on any atom is 0.352 e. The summed E-state index contributed by atoms with van der Waals surface area (Å²) in [6.07, 6.45) is 4.32. The van der Waals surface area contributed by atoms with E-state index in [4.69, 9.17) is 5.11 Å². The van der Waals surface area contributed by atoms with Crippen molar-refractivity contribution < 1.29 is 18.3 Å². The van der Waals surface area contributed by atoms with Crippen molar-refractivity contribution in [2.75, 3.05) is 4.72 Å². The van der Waals surface area contributed by atoms with Crippen LogP contribution in [0.3, 0.4) is 0 Å². The Hall–Kier alpha value is -2.35. The Labute approximate surface area is 122 Å². The zero-order valence-electron chi connectivity index (χ0n) is 11.6. The van der Waals surface area contributed by atoms with Crippen molar-refractivity contribution in [2.45, 2.75) is 25.3 Å². The zero-order chi connectivity index (χ0) is 15.6. The lowest BCUT2D eigenvalue weighted by atomic mass is 10.3. The van der Waals surface area contributed by atoms with Gasteiger partial charge in [-0.2, -0.15) is 0 Å². The number of sulfonamides is 1. The smallest absolute Gasteiger partial charge is 0.352 e. The predicted octanol–water partition coefficient (Wildman–Crippen LogP) is 1.71. The van der Waals surface area contributed by atoms with Crippen LogP contribution in [0.4, 0.5) is 5.69 Å². The number of carboxylic acid groups (broad SMARTS) is 1. The van der Waals surface area contributed by atoms with Crippen molar-refractivity contribution in [3.63, 3.8) is 0 Å². The molecule has 2 aromatic heterocycles. The summed E-state index contributed by atoms with van der Waals surface area (Å²) in [5.74, 6) is -1.17. The van der Waals surface area contributed by atoms with Crippen molar-refractivity contribution in [3.8, 4) is 0 Å². The van der Waals surface area contributed by atoms with Crippen LogP contribution in [0.25, 0.3) is 0 Å². The molecule has 21 heavy (non-hydrogen) atoms. The van der Waals surface area contributed by atoms with E-state index in [0.717, 1.165) is 6.07 Å². The molecular weight excluding hydrogens is 294 g/mol. The minimum atomic E-state index is -3.84. The first-order valence-corrected chi connectivity index (χ1v) is 7.70. The third kappa shape index (κ3) is 3.05. The van der Waals surface area contributed by atoms with Crippen LogP contribution >= 0.6 is 0 Å². The van der Waals surface area contributed by atoms with Gasteiger partial charge in [-0.15, -0.1) is 0 Å². The van der Waals surface area contributed by atoms with Crippen molar-refractivity contribution in [1.82, 2.24) is 9.55 Å². The minimum Gasteiger partial charge on any atom is -0.477 e. The molecule has 0 radical (unpaired) electrons. The monoisotopic (exact) mass is 309 g/mol. The number of aromatic nitrogens is 2. The molecule has 0 bridgehead atoms. The number of aryl methyl sites for hydroxylation is 2. The van der Waals surface area contributed by atoms with E-state index in [2.05, 4.69) is 9.71 Å². The minimum absolute atomic E-state index is 0.0654. The lowest BCUT2D eigenvalue weighted by Crippen LogP contribution is -2.13. The fraction of sp³-hybridized carbons (Fsp3) is 0.231. The van der Waals surface area contributed by atoms with Gasteiger partial charge in [-0.05, 0) is 31.5 Å². The van der Waals surface area contributed by atoms with Crippen molar-refractivity contribution in [2.24, 2.45) is 0 Å². The summed E-state index contributed by atoms with van der Waals surface area (Å²) in [7, 11) is -3.84. The van der Waals surface area contributed by atoms with Crippen molar-refractivity contribution in [3.05, 3.63) is 42.0 Å². The average Bonchev–Trinajstić information content (AvgIpc) is 2.86. The van der Waals surface area contributed by atoms with Crippen molar-refractivity contribution in [1.29, 1.82) is 0 Å². The number of nitrogens with zero attached hydrogens (tertiary/aromatic N) is 2. The fourth-order valence-electron chi connectivity index (χ4n) is 1.86. The molecule has 8 heteroatoms. The Balaban J connectivity index is 2.41. The Morgan fingerprint density at radius 2 is 2.19 bits per heavy atom. The highest BCUT2D eigenvalue weighted by Crippen LogP contribution is 2.20. The van der Waals surface area contributed by atoms with E-state index in [1.807, 2.05) is 0 Å². The Kier molecular flexibility index (Phi) is 3.99. The highest BCUT2D eigenvalue weighted by molar-refractivity contribution is 7.92. The molecule has 7 nitrogen and oxygen atoms in total. The standard InChI is InChI=1S/C13H15N3O4S/c1-3-16-8-10(6-12(16)13(17)18)21(19,20)15-11-4-5-14-7-9(11)2/h4-8H,3H2,1-2H3,(H,14,15)(H,17,18). The number of rotatable bonds is 5. The zero-order valence-corrected chi connectivity index (χ0v) is 12.4. The van der Waals surface area contributed by atoms with E-state index < -0.39 is 16.0 Å². The SMILES string of the molecule is CCn1cc(S(=O)(=O)Nc2ccncc2C)cc1C(=O)O. The van der Waals surface area contributed by atoms with E-state index >= 15 is 0 Å². The molecule has 112 valence electrons. The summed E-state index contributed by atoms with van der Waals surface area (Å²) >= 11 is 0. The van der Waals surface area contributed by atoms with Gasteiger partial charge < -0.3 is 9.67 Å². The quantitative estimate of drug-likeness (QED) is 0.875. The number of anilines is 1. The molecule has 0 unspecified atom stereocenters. The number of hydrogen-bond donors (Lipinski definition) is 2. The summed E-state index contributed by atoms with van der Waals surface area (Å²) < 4.78 is 28.4. The van der Waals surface area contributed by atoms with Crippen LogP contribution in [0.1, 0.15) is 23.0 Å². The second-order valence-corrected chi connectivity index (χ2v) is 6.13. The molecule has 0 amide bonds. The van der Waals surface area contributed by atoms with Gasteiger partial charge in [0.05, 0.1) is 5.69 Å². The summed E-state index contributed by atoms with van der Waals surface area (Å²) in [4.78, 5) is 14.9. The largest absolute Gasteiger partial charge is 0.477 e. The first kappa shape index (κ1) is 15.0. The van der Waals surface area contributed by atoms with Gasteiger partial charge in [0.25, 0.3) is 10.0 Å². The van der Waals surface area contributed by atoms with Crippen molar-refractivity contribution >= 4 is 21.7 Å². The molecule has 0 aliphatic heterocycles. The van der Waals surface area contributed by atoms with Crippen LogP contribution in [-0.4, -0.2) is 29.0 Å². The molecule has 0 aliphatic carbocycles.